The van der Waals surface area contributed by atoms with Crippen molar-refractivity contribution >= 4 is 28.1 Å². The molecule has 2 aromatic rings. The summed E-state index contributed by atoms with van der Waals surface area (Å²) in [7, 11) is -4.83. The van der Waals surface area contributed by atoms with Gasteiger partial charge < -0.3 is 5.73 Å². The standard InChI is InChI=1S/C16H14F4N2O2S.ClH/c17-11-7-12(18)15(20)16(14(11)19)25(23,24)22-5-1-2-10-6-9(8-21)3-4-13(10)22;/h3-4,6-7H,1-2,5,8,21H2;1H. The summed E-state index contributed by atoms with van der Waals surface area (Å²) < 4.78 is 81.1. The summed E-state index contributed by atoms with van der Waals surface area (Å²) >= 11 is 0. The van der Waals surface area contributed by atoms with Crippen molar-refractivity contribution < 1.29 is 26.0 Å². The first kappa shape index (κ1) is 20.5. The van der Waals surface area contributed by atoms with Gasteiger partial charge in [0.15, 0.2) is 28.2 Å². The van der Waals surface area contributed by atoms with Gasteiger partial charge in [0.05, 0.1) is 5.69 Å². The van der Waals surface area contributed by atoms with Crippen LogP contribution in [0.2, 0.25) is 0 Å². The second kappa shape index (κ2) is 7.42. The molecule has 2 aromatic carbocycles. The highest BCUT2D eigenvalue weighted by molar-refractivity contribution is 7.92. The third-order valence-corrected chi connectivity index (χ3v) is 5.91. The Balaban J connectivity index is 0.00000243. The average molecular weight is 411 g/mol. The minimum atomic E-state index is -4.83. The Kier molecular flexibility index (Phi) is 5.84. The number of sulfonamides is 1. The molecule has 0 radical (unpaired) electrons. The second-order valence-electron chi connectivity index (χ2n) is 5.65. The number of fused-ring (bicyclic) bond motifs is 1. The van der Waals surface area contributed by atoms with E-state index in [1.807, 2.05) is 0 Å². The monoisotopic (exact) mass is 410 g/mol. The minimum Gasteiger partial charge on any atom is -0.326 e. The summed E-state index contributed by atoms with van der Waals surface area (Å²) in [4.78, 5) is -1.62. The van der Waals surface area contributed by atoms with E-state index in [4.69, 9.17) is 5.73 Å². The van der Waals surface area contributed by atoms with Gasteiger partial charge in [0.25, 0.3) is 10.0 Å². The molecule has 1 aliphatic heterocycles. The smallest absolute Gasteiger partial charge is 0.270 e. The zero-order chi connectivity index (χ0) is 18.4. The van der Waals surface area contributed by atoms with Gasteiger partial charge in [-0.15, -0.1) is 12.4 Å². The first-order chi connectivity index (χ1) is 11.8. The summed E-state index contributed by atoms with van der Waals surface area (Å²) in [5.41, 5.74) is 7.17. The van der Waals surface area contributed by atoms with Crippen molar-refractivity contribution in [2.45, 2.75) is 24.3 Å². The number of rotatable bonds is 3. The van der Waals surface area contributed by atoms with Gasteiger partial charge in [-0.1, -0.05) is 12.1 Å². The maximum absolute atomic E-state index is 14.0. The van der Waals surface area contributed by atoms with Crippen molar-refractivity contribution in [3.63, 3.8) is 0 Å². The molecule has 0 atom stereocenters. The number of benzene rings is 2. The number of anilines is 1. The van der Waals surface area contributed by atoms with Crippen LogP contribution in [0.1, 0.15) is 17.5 Å². The molecule has 4 nitrogen and oxygen atoms in total. The summed E-state index contributed by atoms with van der Waals surface area (Å²) in [6.45, 7) is 0.187. The summed E-state index contributed by atoms with van der Waals surface area (Å²) in [5, 5.41) is 0. The van der Waals surface area contributed by atoms with E-state index in [1.54, 1.807) is 12.1 Å². The third kappa shape index (κ3) is 3.26. The van der Waals surface area contributed by atoms with Crippen molar-refractivity contribution in [2.75, 3.05) is 10.8 Å². The van der Waals surface area contributed by atoms with Crippen LogP contribution in [0, 0.1) is 23.3 Å². The van der Waals surface area contributed by atoms with Gasteiger partial charge in [0, 0.05) is 19.2 Å². The number of hydrogen-bond acceptors (Lipinski definition) is 3. The van der Waals surface area contributed by atoms with E-state index in [2.05, 4.69) is 0 Å². The van der Waals surface area contributed by atoms with Crippen LogP contribution in [0.15, 0.2) is 29.2 Å². The van der Waals surface area contributed by atoms with Crippen LogP contribution in [0.5, 0.6) is 0 Å². The van der Waals surface area contributed by atoms with Crippen molar-refractivity contribution in [2.24, 2.45) is 5.73 Å². The quantitative estimate of drug-likeness (QED) is 0.624. The number of nitrogens with zero attached hydrogens (tertiary/aromatic N) is 1. The summed E-state index contributed by atoms with van der Waals surface area (Å²) in [5.74, 6) is -7.42. The number of aryl methyl sites for hydroxylation is 1. The maximum Gasteiger partial charge on any atom is 0.270 e. The number of halogens is 5. The SMILES string of the molecule is Cl.NCc1ccc2c(c1)CCCN2S(=O)(=O)c1c(F)c(F)cc(F)c1F. The molecule has 2 N–H and O–H groups in total. The molecule has 1 heterocycles. The lowest BCUT2D eigenvalue weighted by Crippen LogP contribution is -2.37. The van der Waals surface area contributed by atoms with Gasteiger partial charge >= 0.3 is 0 Å². The minimum absolute atomic E-state index is 0. The Morgan fingerprint density at radius 2 is 1.65 bits per heavy atom. The number of hydrogen-bond donors (Lipinski definition) is 1. The van der Waals surface area contributed by atoms with Gasteiger partial charge in [-0.3, -0.25) is 4.31 Å². The molecule has 26 heavy (non-hydrogen) atoms. The first-order valence-electron chi connectivity index (χ1n) is 7.45. The van der Waals surface area contributed by atoms with E-state index in [9.17, 15) is 26.0 Å². The molecule has 0 unspecified atom stereocenters. The molecule has 142 valence electrons. The van der Waals surface area contributed by atoms with E-state index in [1.165, 1.54) is 6.07 Å². The predicted octanol–water partition coefficient (Wildman–Crippen LogP) is 3.27. The zero-order valence-electron chi connectivity index (χ0n) is 13.3. The molecule has 0 aliphatic carbocycles. The van der Waals surface area contributed by atoms with Gasteiger partial charge in [0.2, 0.25) is 0 Å². The molecule has 0 aromatic heterocycles. The fourth-order valence-corrected chi connectivity index (χ4v) is 4.56. The van der Waals surface area contributed by atoms with Crippen LogP contribution in [0.3, 0.4) is 0 Å². The van der Waals surface area contributed by atoms with Crippen molar-refractivity contribution in [3.05, 3.63) is 58.7 Å². The van der Waals surface area contributed by atoms with Crippen molar-refractivity contribution in [1.82, 2.24) is 0 Å². The maximum atomic E-state index is 14.0. The van der Waals surface area contributed by atoms with Crippen LogP contribution in [-0.4, -0.2) is 15.0 Å². The first-order valence-corrected chi connectivity index (χ1v) is 8.89. The molecule has 0 spiro atoms. The highest BCUT2D eigenvalue weighted by Gasteiger charge is 2.36. The van der Waals surface area contributed by atoms with Gasteiger partial charge in [-0.05, 0) is 30.0 Å². The summed E-state index contributed by atoms with van der Waals surface area (Å²) in [6, 6.07) is 4.74. The van der Waals surface area contributed by atoms with E-state index in [0.29, 0.717) is 18.4 Å². The van der Waals surface area contributed by atoms with E-state index < -0.39 is 38.2 Å². The van der Waals surface area contributed by atoms with Crippen molar-refractivity contribution in [3.8, 4) is 0 Å². The van der Waals surface area contributed by atoms with Gasteiger partial charge in [-0.2, -0.15) is 0 Å². The van der Waals surface area contributed by atoms with E-state index >= 15 is 0 Å². The average Bonchev–Trinajstić information content (AvgIpc) is 2.59. The van der Waals surface area contributed by atoms with E-state index in [0.717, 1.165) is 9.87 Å². The molecule has 0 amide bonds. The molecular formula is C16H15ClF4N2O2S. The Morgan fingerprint density at radius 3 is 2.23 bits per heavy atom. The van der Waals surface area contributed by atoms with Crippen LogP contribution in [0.25, 0.3) is 0 Å². The summed E-state index contributed by atoms with van der Waals surface area (Å²) in [6.07, 6.45) is 0.943. The molecule has 3 rings (SSSR count). The normalized spacial score (nSPS) is 14.0. The third-order valence-electron chi connectivity index (χ3n) is 4.08. The Hall–Kier alpha value is -1.84. The van der Waals surface area contributed by atoms with Crippen LogP contribution in [0.4, 0.5) is 23.2 Å². The molecule has 0 saturated carbocycles. The molecule has 10 heteroatoms. The lowest BCUT2D eigenvalue weighted by Gasteiger charge is -2.31. The molecule has 0 bridgehead atoms. The fraction of sp³-hybridized carbons (Fsp3) is 0.250. The zero-order valence-corrected chi connectivity index (χ0v) is 14.9. The van der Waals surface area contributed by atoms with Gasteiger partial charge in [0.1, 0.15) is 0 Å². The van der Waals surface area contributed by atoms with Crippen LogP contribution < -0.4 is 10.0 Å². The lowest BCUT2D eigenvalue weighted by molar-refractivity contribution is 0.418. The van der Waals surface area contributed by atoms with Crippen LogP contribution in [-0.2, 0) is 23.0 Å². The Morgan fingerprint density at radius 1 is 1.04 bits per heavy atom. The fourth-order valence-electron chi connectivity index (χ4n) is 2.88. The molecule has 0 saturated heterocycles. The lowest BCUT2D eigenvalue weighted by atomic mass is 10.0. The van der Waals surface area contributed by atoms with E-state index in [-0.39, 0.29) is 37.3 Å². The topological polar surface area (TPSA) is 63.4 Å². The Labute approximate surface area is 154 Å². The Bertz CT molecular complexity index is 928. The largest absolute Gasteiger partial charge is 0.326 e. The molecular weight excluding hydrogens is 396 g/mol. The molecule has 1 aliphatic rings. The number of nitrogens with two attached hydrogens (primary N) is 1. The van der Waals surface area contributed by atoms with Crippen molar-refractivity contribution in [1.29, 1.82) is 0 Å². The molecule has 0 fully saturated rings. The van der Waals surface area contributed by atoms with Crippen LogP contribution >= 0.6 is 12.4 Å². The highest BCUT2D eigenvalue weighted by Crippen LogP contribution is 2.35. The predicted molar refractivity (Wildman–Crippen MR) is 90.7 cm³/mol. The highest BCUT2D eigenvalue weighted by atomic mass is 35.5. The second-order valence-corrected chi connectivity index (χ2v) is 7.44. The van der Waals surface area contributed by atoms with Gasteiger partial charge in [-0.25, -0.2) is 26.0 Å².